The van der Waals surface area contributed by atoms with Crippen LogP contribution in [0, 0.1) is 17.5 Å². The molecule has 0 bridgehead atoms. The number of rotatable bonds is 3. The molecule has 1 aliphatic rings. The van der Waals surface area contributed by atoms with Crippen LogP contribution >= 0.6 is 0 Å². The van der Waals surface area contributed by atoms with E-state index in [4.69, 9.17) is 0 Å². The fourth-order valence-corrected chi connectivity index (χ4v) is 2.74. The number of carbonyl (C=O) groups is 1. The van der Waals surface area contributed by atoms with Crippen LogP contribution in [-0.4, -0.2) is 11.9 Å². The predicted octanol–water partition coefficient (Wildman–Crippen LogP) is 3.78. The summed E-state index contributed by atoms with van der Waals surface area (Å²) in [5.74, 6) is -2.57. The number of hydrogen-bond acceptors (Lipinski definition) is 1. The van der Waals surface area contributed by atoms with Crippen molar-refractivity contribution in [3.63, 3.8) is 0 Å². The third kappa shape index (κ3) is 2.71. The fourth-order valence-electron chi connectivity index (χ4n) is 2.74. The molecule has 5 heteroatoms. The second-order valence-electron chi connectivity index (χ2n) is 5.41. The molecule has 3 rings (SSSR count). The summed E-state index contributed by atoms with van der Waals surface area (Å²) in [7, 11) is 0. The number of halogens is 3. The second kappa shape index (κ2) is 5.83. The lowest BCUT2D eigenvalue weighted by Gasteiger charge is -2.37. The van der Waals surface area contributed by atoms with Crippen molar-refractivity contribution in [3.05, 3.63) is 71.0 Å². The first-order chi connectivity index (χ1) is 10.6. The molecule has 0 aliphatic heterocycles. The molecule has 0 spiro atoms. The van der Waals surface area contributed by atoms with Crippen LogP contribution in [0.3, 0.4) is 0 Å². The molecule has 2 aromatic carbocycles. The Morgan fingerprint density at radius 3 is 2.41 bits per heavy atom. The monoisotopic (exact) mass is 305 g/mol. The van der Waals surface area contributed by atoms with Gasteiger partial charge in [-0.2, -0.15) is 0 Å². The topological polar surface area (TPSA) is 29.1 Å². The molecule has 0 unspecified atom stereocenters. The Kier molecular flexibility index (Phi) is 3.88. The van der Waals surface area contributed by atoms with Crippen LogP contribution in [0.15, 0.2) is 42.5 Å². The van der Waals surface area contributed by atoms with Gasteiger partial charge < -0.3 is 5.32 Å². The largest absolute Gasteiger partial charge is 0.349 e. The smallest absolute Gasteiger partial charge is 0.254 e. The maximum atomic E-state index is 13.8. The molecule has 22 heavy (non-hydrogen) atoms. The Balaban J connectivity index is 1.74. The van der Waals surface area contributed by atoms with Crippen molar-refractivity contribution in [2.24, 2.45) is 0 Å². The van der Waals surface area contributed by atoms with Crippen LogP contribution in [0.2, 0.25) is 0 Å². The van der Waals surface area contributed by atoms with E-state index in [2.05, 4.69) is 5.32 Å². The first kappa shape index (κ1) is 14.6. The van der Waals surface area contributed by atoms with E-state index >= 15 is 0 Å². The van der Waals surface area contributed by atoms with E-state index in [-0.39, 0.29) is 17.5 Å². The second-order valence-corrected chi connectivity index (χ2v) is 5.41. The molecule has 1 amide bonds. The van der Waals surface area contributed by atoms with Crippen LogP contribution in [0.4, 0.5) is 13.2 Å². The van der Waals surface area contributed by atoms with Crippen molar-refractivity contribution in [1.82, 2.24) is 5.32 Å². The van der Waals surface area contributed by atoms with E-state index in [1.165, 1.54) is 30.3 Å². The Hall–Kier alpha value is -2.30. The fraction of sp³-hybridized carbons (Fsp3) is 0.235. The van der Waals surface area contributed by atoms with Crippen LogP contribution < -0.4 is 5.32 Å². The molecule has 2 atom stereocenters. The Labute approximate surface area is 126 Å². The number of benzene rings is 2. The van der Waals surface area contributed by atoms with Crippen molar-refractivity contribution in [2.75, 3.05) is 0 Å². The highest BCUT2D eigenvalue weighted by molar-refractivity contribution is 5.94. The number of carbonyl (C=O) groups excluding carboxylic acids is 1. The Morgan fingerprint density at radius 1 is 1.00 bits per heavy atom. The van der Waals surface area contributed by atoms with E-state index < -0.39 is 23.4 Å². The summed E-state index contributed by atoms with van der Waals surface area (Å²) in [5.41, 5.74) is 0.346. The molecule has 2 nitrogen and oxygen atoms in total. The zero-order valence-electron chi connectivity index (χ0n) is 11.7. The van der Waals surface area contributed by atoms with E-state index in [1.54, 1.807) is 6.07 Å². The maximum Gasteiger partial charge on any atom is 0.254 e. The highest BCUT2D eigenvalue weighted by Crippen LogP contribution is 2.38. The minimum Gasteiger partial charge on any atom is -0.349 e. The zero-order chi connectivity index (χ0) is 15.7. The highest BCUT2D eigenvalue weighted by Gasteiger charge is 2.35. The third-order valence-electron chi connectivity index (χ3n) is 4.07. The van der Waals surface area contributed by atoms with Gasteiger partial charge in [0.15, 0.2) is 0 Å². The van der Waals surface area contributed by atoms with Gasteiger partial charge in [-0.1, -0.05) is 18.2 Å². The highest BCUT2D eigenvalue weighted by atomic mass is 19.1. The summed E-state index contributed by atoms with van der Waals surface area (Å²) < 4.78 is 40.3. The molecule has 1 aliphatic carbocycles. The molecular weight excluding hydrogens is 291 g/mol. The van der Waals surface area contributed by atoms with Crippen molar-refractivity contribution in [1.29, 1.82) is 0 Å². The van der Waals surface area contributed by atoms with E-state index in [9.17, 15) is 18.0 Å². The maximum absolute atomic E-state index is 13.8. The van der Waals surface area contributed by atoms with Crippen molar-refractivity contribution >= 4 is 5.91 Å². The lowest BCUT2D eigenvalue weighted by molar-refractivity contribution is 0.0899. The quantitative estimate of drug-likeness (QED) is 0.918. The van der Waals surface area contributed by atoms with Gasteiger partial charge in [-0.05, 0) is 36.6 Å². The van der Waals surface area contributed by atoms with Gasteiger partial charge in [-0.25, -0.2) is 13.2 Å². The van der Waals surface area contributed by atoms with Crippen molar-refractivity contribution in [3.8, 4) is 0 Å². The first-order valence-corrected chi connectivity index (χ1v) is 7.06. The molecule has 0 heterocycles. The third-order valence-corrected chi connectivity index (χ3v) is 4.07. The van der Waals surface area contributed by atoms with Crippen LogP contribution in [-0.2, 0) is 0 Å². The normalized spacial score (nSPS) is 20.3. The molecule has 1 fully saturated rings. The van der Waals surface area contributed by atoms with Gasteiger partial charge in [0.05, 0.1) is 5.56 Å². The van der Waals surface area contributed by atoms with Crippen LogP contribution in [0.5, 0.6) is 0 Å². The lowest BCUT2D eigenvalue weighted by Crippen LogP contribution is -2.45. The Morgan fingerprint density at radius 2 is 1.77 bits per heavy atom. The summed E-state index contributed by atoms with van der Waals surface area (Å²) in [6.07, 6.45) is 1.38. The van der Waals surface area contributed by atoms with Crippen molar-refractivity contribution in [2.45, 2.75) is 24.8 Å². The van der Waals surface area contributed by atoms with E-state index in [1.807, 2.05) is 0 Å². The number of hydrogen-bond donors (Lipinski definition) is 1. The SMILES string of the molecule is O=C(N[C@H]1CC[C@H]1c1ccc(F)cc1F)c1ccccc1F. The number of amides is 1. The zero-order valence-corrected chi connectivity index (χ0v) is 11.7. The summed E-state index contributed by atoms with van der Waals surface area (Å²) >= 11 is 0. The molecule has 0 radical (unpaired) electrons. The van der Waals surface area contributed by atoms with E-state index in [0.717, 1.165) is 6.07 Å². The Bertz CT molecular complexity index is 717. The van der Waals surface area contributed by atoms with Gasteiger partial charge in [0, 0.05) is 18.0 Å². The summed E-state index contributed by atoms with van der Waals surface area (Å²) in [5, 5.41) is 2.72. The van der Waals surface area contributed by atoms with Crippen LogP contribution in [0.25, 0.3) is 0 Å². The molecule has 0 saturated heterocycles. The summed E-state index contributed by atoms with van der Waals surface area (Å²) in [6.45, 7) is 0. The minimum atomic E-state index is -0.632. The summed E-state index contributed by atoms with van der Waals surface area (Å²) in [4.78, 5) is 12.1. The molecule has 1 saturated carbocycles. The van der Waals surface area contributed by atoms with Gasteiger partial charge in [0.1, 0.15) is 17.5 Å². The molecule has 1 N–H and O–H groups in total. The summed E-state index contributed by atoms with van der Waals surface area (Å²) in [6, 6.07) is 8.87. The molecule has 2 aromatic rings. The standard InChI is InChI=1S/C17H14F3NO/c18-10-5-6-11(15(20)9-10)12-7-8-16(12)21-17(22)13-3-1-2-4-14(13)19/h1-6,9,12,16H,7-8H2,(H,21,22)/t12-,16-/m0/s1. The molecule has 0 aromatic heterocycles. The molecule has 114 valence electrons. The van der Waals surface area contributed by atoms with Gasteiger partial charge in [0.25, 0.3) is 5.91 Å². The average molecular weight is 305 g/mol. The minimum absolute atomic E-state index is 0.0345. The number of nitrogens with one attached hydrogen (secondary N) is 1. The van der Waals surface area contributed by atoms with Gasteiger partial charge in [-0.3, -0.25) is 4.79 Å². The van der Waals surface area contributed by atoms with Gasteiger partial charge in [-0.15, -0.1) is 0 Å². The average Bonchev–Trinajstić information content (AvgIpc) is 2.46. The van der Waals surface area contributed by atoms with Gasteiger partial charge in [0.2, 0.25) is 0 Å². The van der Waals surface area contributed by atoms with Crippen molar-refractivity contribution < 1.29 is 18.0 Å². The predicted molar refractivity (Wildman–Crippen MR) is 76.0 cm³/mol. The van der Waals surface area contributed by atoms with Gasteiger partial charge >= 0.3 is 0 Å². The molecular formula is C17H14F3NO. The lowest BCUT2D eigenvalue weighted by atomic mass is 9.74. The van der Waals surface area contributed by atoms with Crippen LogP contribution in [0.1, 0.15) is 34.7 Å². The first-order valence-electron chi connectivity index (χ1n) is 7.06. The van der Waals surface area contributed by atoms with E-state index in [0.29, 0.717) is 18.4 Å².